The fourth-order valence-electron chi connectivity index (χ4n) is 5.16. The molecular weight excluding hydrogens is 408 g/mol. The molecule has 3 aliphatic rings. The Morgan fingerprint density at radius 1 is 1.30 bits per heavy atom. The molecule has 3 heterocycles. The lowest BCUT2D eigenvalue weighted by Crippen LogP contribution is -2.50. The maximum Gasteiger partial charge on any atom is 0.411 e. The summed E-state index contributed by atoms with van der Waals surface area (Å²) < 4.78 is 4.59. The highest BCUT2D eigenvalue weighted by molar-refractivity contribution is 6.33. The van der Waals surface area contributed by atoms with Crippen molar-refractivity contribution in [3.05, 3.63) is 17.3 Å². The Hall–Kier alpha value is -2.06. The second-order valence-electron chi connectivity index (χ2n) is 8.66. The van der Waals surface area contributed by atoms with E-state index in [-0.39, 0.29) is 23.5 Å². The van der Waals surface area contributed by atoms with Crippen molar-refractivity contribution in [2.75, 3.05) is 37.0 Å². The molecule has 1 saturated carbocycles. The summed E-state index contributed by atoms with van der Waals surface area (Å²) in [6.07, 6.45) is 6.71. The molecule has 2 amide bonds. The van der Waals surface area contributed by atoms with Crippen molar-refractivity contribution in [3.63, 3.8) is 0 Å². The molecule has 0 aromatic carbocycles. The van der Waals surface area contributed by atoms with Gasteiger partial charge in [0.05, 0.1) is 35.5 Å². The Morgan fingerprint density at radius 3 is 2.77 bits per heavy atom. The van der Waals surface area contributed by atoms with Gasteiger partial charge in [0.2, 0.25) is 5.91 Å². The van der Waals surface area contributed by atoms with E-state index in [2.05, 4.69) is 24.8 Å². The molecule has 2 aliphatic heterocycles. The zero-order valence-corrected chi connectivity index (χ0v) is 18.0. The summed E-state index contributed by atoms with van der Waals surface area (Å²) in [6, 6.07) is 1.90. The van der Waals surface area contributed by atoms with Crippen LogP contribution < -0.4 is 10.2 Å². The number of rotatable bonds is 3. The van der Waals surface area contributed by atoms with Gasteiger partial charge in [-0.1, -0.05) is 11.6 Å². The number of anilines is 2. The highest BCUT2D eigenvalue weighted by atomic mass is 35.5. The van der Waals surface area contributed by atoms with Crippen LogP contribution in [-0.4, -0.2) is 65.9 Å². The van der Waals surface area contributed by atoms with Crippen molar-refractivity contribution < 1.29 is 19.4 Å². The number of methoxy groups -OCH3 is 1. The van der Waals surface area contributed by atoms with Crippen LogP contribution in [0.2, 0.25) is 5.02 Å². The van der Waals surface area contributed by atoms with Crippen molar-refractivity contribution >= 4 is 35.1 Å². The number of carbonyl (C=O) groups is 2. The van der Waals surface area contributed by atoms with Crippen LogP contribution in [0, 0.1) is 5.41 Å². The summed E-state index contributed by atoms with van der Waals surface area (Å²) in [5.74, 6) is 0.881. The number of nitrogens with one attached hydrogen (secondary N) is 1. The number of ether oxygens (including phenoxy) is 1. The van der Waals surface area contributed by atoms with E-state index in [1.807, 2.05) is 0 Å². The number of nitrogens with zero attached hydrogens (tertiary/aromatic N) is 3. The molecule has 1 spiro atoms. The predicted molar refractivity (Wildman–Crippen MR) is 114 cm³/mol. The summed E-state index contributed by atoms with van der Waals surface area (Å²) in [5.41, 5.74) is 0.0762. The largest absolute Gasteiger partial charge is 0.453 e. The van der Waals surface area contributed by atoms with Gasteiger partial charge in [-0.05, 0) is 51.0 Å². The van der Waals surface area contributed by atoms with Gasteiger partial charge in [-0.3, -0.25) is 10.1 Å². The average Bonchev–Trinajstić information content (AvgIpc) is 3.04. The van der Waals surface area contributed by atoms with Crippen molar-refractivity contribution in [2.45, 2.75) is 57.1 Å². The Balaban J connectivity index is 1.47. The molecule has 8 nitrogen and oxygen atoms in total. The smallest absolute Gasteiger partial charge is 0.411 e. The first-order valence-electron chi connectivity index (χ1n) is 10.7. The fourth-order valence-corrected chi connectivity index (χ4v) is 5.44. The number of pyridine rings is 1. The molecule has 2 saturated heterocycles. The number of likely N-dealkylation sites (tertiary alicyclic amines) is 1. The van der Waals surface area contributed by atoms with Gasteiger partial charge in [0, 0.05) is 25.7 Å². The summed E-state index contributed by atoms with van der Waals surface area (Å²) in [4.78, 5) is 33.5. The Kier molecular flexibility index (Phi) is 6.06. The maximum atomic E-state index is 13.5. The summed E-state index contributed by atoms with van der Waals surface area (Å²) in [6.45, 7) is 2.19. The number of aliphatic hydroxyl groups is 1. The monoisotopic (exact) mass is 436 g/mol. The van der Waals surface area contributed by atoms with Crippen LogP contribution >= 0.6 is 11.6 Å². The fraction of sp³-hybridized carbons (Fsp3) is 0.667. The number of aromatic nitrogens is 1. The zero-order chi connectivity index (χ0) is 21.3. The molecule has 1 aromatic rings. The van der Waals surface area contributed by atoms with Gasteiger partial charge in [-0.2, -0.15) is 0 Å². The number of halogens is 1. The highest BCUT2D eigenvalue weighted by Crippen LogP contribution is 2.44. The summed E-state index contributed by atoms with van der Waals surface area (Å²) in [5, 5.41) is 12.8. The lowest BCUT2D eigenvalue weighted by molar-refractivity contribution is -0.139. The third kappa shape index (κ3) is 4.07. The van der Waals surface area contributed by atoms with E-state index in [4.69, 9.17) is 11.6 Å². The third-order valence-electron chi connectivity index (χ3n) is 6.78. The first-order chi connectivity index (χ1) is 14.4. The molecule has 30 heavy (non-hydrogen) atoms. The molecule has 164 valence electrons. The number of hydrogen-bond donors (Lipinski definition) is 2. The van der Waals surface area contributed by atoms with E-state index in [1.165, 1.54) is 7.11 Å². The zero-order valence-electron chi connectivity index (χ0n) is 17.3. The normalized spacial score (nSPS) is 29.4. The van der Waals surface area contributed by atoms with Gasteiger partial charge >= 0.3 is 6.09 Å². The molecular formula is C21H29ClN4O4. The van der Waals surface area contributed by atoms with Crippen LogP contribution in [0.5, 0.6) is 0 Å². The molecule has 1 atom stereocenters. The van der Waals surface area contributed by atoms with E-state index in [0.717, 1.165) is 58.0 Å². The molecule has 2 N–H and O–H groups in total. The molecule has 0 bridgehead atoms. The van der Waals surface area contributed by atoms with Crippen molar-refractivity contribution in [1.82, 2.24) is 9.88 Å². The Labute approximate surface area is 181 Å². The second-order valence-corrected chi connectivity index (χ2v) is 9.07. The number of piperidine rings is 1. The summed E-state index contributed by atoms with van der Waals surface area (Å²) >= 11 is 6.47. The van der Waals surface area contributed by atoms with Gasteiger partial charge in [0.25, 0.3) is 0 Å². The van der Waals surface area contributed by atoms with E-state index < -0.39 is 6.09 Å². The van der Waals surface area contributed by atoms with E-state index in [0.29, 0.717) is 23.1 Å². The molecule has 9 heteroatoms. The summed E-state index contributed by atoms with van der Waals surface area (Å²) in [7, 11) is 1.29. The molecule has 4 rings (SSSR count). The minimum absolute atomic E-state index is 0.219. The molecule has 0 unspecified atom stereocenters. The van der Waals surface area contributed by atoms with Crippen LogP contribution in [0.4, 0.5) is 16.3 Å². The highest BCUT2D eigenvalue weighted by Gasteiger charge is 2.51. The first kappa shape index (κ1) is 21.2. The quantitative estimate of drug-likeness (QED) is 0.756. The second kappa shape index (κ2) is 8.59. The number of aliphatic hydroxyl groups excluding tert-OH is 1. The van der Waals surface area contributed by atoms with Crippen molar-refractivity contribution in [2.24, 2.45) is 5.41 Å². The first-order valence-corrected chi connectivity index (χ1v) is 11.0. The number of carbonyl (C=O) groups excluding carboxylic acids is 2. The SMILES string of the molecule is COC(=O)Nc1cnc(N2CCC[C@@]3(CCN([C@H]4CC[C@@H](O)CC4)C3=O)C2)c(Cl)c1. The van der Waals surface area contributed by atoms with Gasteiger partial charge in [-0.25, -0.2) is 9.78 Å². The van der Waals surface area contributed by atoms with Crippen molar-refractivity contribution in [3.8, 4) is 0 Å². The van der Waals surface area contributed by atoms with Crippen LogP contribution in [0.1, 0.15) is 44.9 Å². The molecule has 1 aromatic heterocycles. The van der Waals surface area contributed by atoms with Crippen LogP contribution in [0.15, 0.2) is 12.3 Å². The minimum atomic E-state index is -0.579. The lowest BCUT2D eigenvalue weighted by atomic mass is 9.78. The topological polar surface area (TPSA) is 95.0 Å². The molecule has 3 fully saturated rings. The van der Waals surface area contributed by atoms with Crippen LogP contribution in [-0.2, 0) is 9.53 Å². The van der Waals surface area contributed by atoms with E-state index in [9.17, 15) is 14.7 Å². The van der Waals surface area contributed by atoms with Gasteiger partial charge in [0.1, 0.15) is 5.82 Å². The standard InChI is InChI=1S/C21H29ClN4O4/c1-30-20(29)24-14-11-17(22)18(23-12-14)25-9-2-7-21(13-25)8-10-26(19(21)28)15-3-5-16(27)6-4-15/h11-12,15-16,27H,2-10,13H2,1H3,(H,24,29)/t15-,16+,21-/m1/s1. The Morgan fingerprint density at radius 2 is 2.07 bits per heavy atom. The lowest BCUT2D eigenvalue weighted by Gasteiger charge is -2.41. The van der Waals surface area contributed by atoms with Crippen molar-refractivity contribution in [1.29, 1.82) is 0 Å². The van der Waals surface area contributed by atoms with Crippen LogP contribution in [0.25, 0.3) is 0 Å². The molecule has 1 aliphatic carbocycles. The van der Waals surface area contributed by atoms with Crippen LogP contribution in [0.3, 0.4) is 0 Å². The van der Waals surface area contributed by atoms with Gasteiger partial charge < -0.3 is 19.6 Å². The third-order valence-corrected chi connectivity index (χ3v) is 7.06. The van der Waals surface area contributed by atoms with E-state index in [1.54, 1.807) is 12.3 Å². The number of hydrogen-bond acceptors (Lipinski definition) is 6. The van der Waals surface area contributed by atoms with Gasteiger partial charge in [-0.15, -0.1) is 0 Å². The maximum absolute atomic E-state index is 13.5. The minimum Gasteiger partial charge on any atom is -0.453 e. The van der Waals surface area contributed by atoms with E-state index >= 15 is 0 Å². The number of amides is 2. The molecule has 0 radical (unpaired) electrons. The predicted octanol–water partition coefficient (Wildman–Crippen LogP) is 3.04. The average molecular weight is 437 g/mol. The Bertz CT molecular complexity index is 814. The van der Waals surface area contributed by atoms with Gasteiger partial charge in [0.15, 0.2) is 0 Å².